The van der Waals surface area contributed by atoms with Crippen LogP contribution in [0.25, 0.3) is 5.57 Å². The second-order valence-corrected chi connectivity index (χ2v) is 7.42. The molecular formula is C21H11F5N2O2S. The molecule has 158 valence electrons. The van der Waals surface area contributed by atoms with E-state index >= 15 is 0 Å². The fraction of sp³-hybridized carbons (Fsp3) is 0.0476. The molecule has 0 aliphatic carbocycles. The van der Waals surface area contributed by atoms with E-state index in [9.17, 15) is 31.5 Å². The lowest BCUT2D eigenvalue weighted by molar-refractivity contribution is -0.137. The fourth-order valence-electron chi connectivity index (χ4n) is 3.09. The lowest BCUT2D eigenvalue weighted by Gasteiger charge is -2.16. The number of anilines is 2. The van der Waals surface area contributed by atoms with Crippen LogP contribution in [0.3, 0.4) is 0 Å². The molecule has 31 heavy (non-hydrogen) atoms. The normalized spacial score (nSPS) is 14.5. The molecule has 1 aromatic heterocycles. The quantitative estimate of drug-likeness (QED) is 0.425. The number of alkyl halides is 3. The summed E-state index contributed by atoms with van der Waals surface area (Å²) in [7, 11) is 0. The number of halogens is 5. The average Bonchev–Trinajstić information content (AvgIpc) is 3.31. The molecule has 1 N–H and O–H groups in total. The first-order valence-electron chi connectivity index (χ1n) is 8.73. The Labute approximate surface area is 176 Å². The summed E-state index contributed by atoms with van der Waals surface area (Å²) in [5.41, 5.74) is -2.14. The molecule has 0 atom stereocenters. The highest BCUT2D eigenvalue weighted by atomic mass is 32.1. The molecule has 0 saturated heterocycles. The van der Waals surface area contributed by atoms with E-state index in [0.29, 0.717) is 15.8 Å². The van der Waals surface area contributed by atoms with Crippen LogP contribution in [0.4, 0.5) is 33.3 Å². The molecule has 0 saturated carbocycles. The number of nitrogens with zero attached hydrogens (tertiary/aromatic N) is 1. The molecule has 10 heteroatoms. The van der Waals surface area contributed by atoms with Crippen LogP contribution < -0.4 is 10.2 Å². The SMILES string of the molecule is O=C1C(Nc2cccc(C(F)(F)F)c2)=C(c2cccs2)C(=O)N1c1cc(F)ccc1F. The number of hydrogen-bond acceptors (Lipinski definition) is 4. The molecule has 0 fully saturated rings. The Morgan fingerprint density at radius 1 is 0.903 bits per heavy atom. The largest absolute Gasteiger partial charge is 0.416 e. The van der Waals surface area contributed by atoms with E-state index in [0.717, 1.165) is 41.7 Å². The maximum atomic E-state index is 14.3. The van der Waals surface area contributed by atoms with Crippen molar-refractivity contribution in [2.45, 2.75) is 6.18 Å². The van der Waals surface area contributed by atoms with Gasteiger partial charge in [0.2, 0.25) is 0 Å². The van der Waals surface area contributed by atoms with Crippen molar-refractivity contribution in [3.8, 4) is 0 Å². The lowest BCUT2D eigenvalue weighted by Crippen LogP contribution is -2.33. The highest BCUT2D eigenvalue weighted by Crippen LogP contribution is 2.37. The fourth-order valence-corrected chi connectivity index (χ4v) is 3.86. The molecule has 2 amide bonds. The Kier molecular flexibility index (Phi) is 5.10. The number of thiophene rings is 1. The molecule has 0 bridgehead atoms. The van der Waals surface area contributed by atoms with Crippen LogP contribution in [0.5, 0.6) is 0 Å². The van der Waals surface area contributed by atoms with Crippen molar-refractivity contribution in [3.63, 3.8) is 0 Å². The van der Waals surface area contributed by atoms with Crippen LogP contribution in [-0.2, 0) is 15.8 Å². The second kappa shape index (κ2) is 7.62. The summed E-state index contributed by atoms with van der Waals surface area (Å²) in [4.78, 5) is 26.9. The first kappa shape index (κ1) is 20.7. The van der Waals surface area contributed by atoms with Crippen molar-refractivity contribution >= 4 is 40.1 Å². The van der Waals surface area contributed by atoms with E-state index in [2.05, 4.69) is 5.32 Å². The summed E-state index contributed by atoms with van der Waals surface area (Å²) in [5.74, 6) is -3.82. The summed E-state index contributed by atoms with van der Waals surface area (Å²) >= 11 is 1.11. The van der Waals surface area contributed by atoms with E-state index in [1.165, 1.54) is 12.1 Å². The van der Waals surface area contributed by atoms with Crippen LogP contribution in [0, 0.1) is 11.6 Å². The highest BCUT2D eigenvalue weighted by Gasteiger charge is 2.42. The Morgan fingerprint density at radius 2 is 1.68 bits per heavy atom. The Morgan fingerprint density at radius 3 is 2.35 bits per heavy atom. The number of nitrogens with one attached hydrogen (secondary N) is 1. The highest BCUT2D eigenvalue weighted by molar-refractivity contribution is 7.11. The second-order valence-electron chi connectivity index (χ2n) is 6.47. The Bertz CT molecular complexity index is 1220. The van der Waals surface area contributed by atoms with E-state index in [-0.39, 0.29) is 17.0 Å². The van der Waals surface area contributed by atoms with Crippen LogP contribution in [-0.4, -0.2) is 11.8 Å². The van der Waals surface area contributed by atoms with Gasteiger partial charge >= 0.3 is 6.18 Å². The zero-order valence-electron chi connectivity index (χ0n) is 15.3. The van der Waals surface area contributed by atoms with Crippen molar-refractivity contribution in [1.82, 2.24) is 0 Å². The van der Waals surface area contributed by atoms with Crippen LogP contribution in [0.15, 0.2) is 65.7 Å². The zero-order chi connectivity index (χ0) is 22.3. The third-order valence-corrected chi connectivity index (χ3v) is 5.35. The maximum Gasteiger partial charge on any atom is 0.416 e. The van der Waals surface area contributed by atoms with Crippen molar-refractivity contribution in [2.75, 3.05) is 10.2 Å². The van der Waals surface area contributed by atoms with Gasteiger partial charge in [0.15, 0.2) is 0 Å². The van der Waals surface area contributed by atoms with Crippen LogP contribution in [0.1, 0.15) is 10.4 Å². The molecule has 2 aromatic carbocycles. The van der Waals surface area contributed by atoms with E-state index in [1.807, 2.05) is 0 Å². The smallest absolute Gasteiger partial charge is 0.350 e. The maximum absolute atomic E-state index is 14.3. The van der Waals surface area contributed by atoms with Crippen molar-refractivity contribution < 1.29 is 31.5 Å². The minimum atomic E-state index is -4.62. The zero-order valence-corrected chi connectivity index (χ0v) is 16.2. The minimum Gasteiger partial charge on any atom is -0.350 e. The van der Waals surface area contributed by atoms with Gasteiger partial charge in [-0.25, -0.2) is 13.7 Å². The van der Waals surface area contributed by atoms with E-state index in [4.69, 9.17) is 0 Å². The number of imide groups is 1. The molecule has 4 nitrogen and oxygen atoms in total. The standard InChI is InChI=1S/C21H11F5N2O2S/c22-12-6-7-14(23)15(10-12)28-19(29)17(16-5-2-8-31-16)18(20(28)30)27-13-4-1-3-11(9-13)21(24,25)26/h1-10,27H. The van der Waals surface area contributed by atoms with Crippen molar-refractivity contribution in [2.24, 2.45) is 0 Å². The molecule has 1 aliphatic rings. The molecule has 1 aliphatic heterocycles. The molecule has 0 unspecified atom stereocenters. The van der Waals surface area contributed by atoms with Crippen molar-refractivity contribution in [1.29, 1.82) is 0 Å². The first-order chi connectivity index (χ1) is 14.7. The molecule has 0 radical (unpaired) electrons. The summed E-state index contributed by atoms with van der Waals surface area (Å²) in [6, 6.07) is 9.51. The predicted octanol–water partition coefficient (Wildman–Crippen LogP) is 5.44. The number of benzene rings is 2. The molecule has 2 heterocycles. The molecule has 4 rings (SSSR count). The lowest BCUT2D eigenvalue weighted by atomic mass is 10.1. The molecule has 3 aromatic rings. The third-order valence-electron chi connectivity index (χ3n) is 4.46. The van der Waals surface area contributed by atoms with Gasteiger partial charge < -0.3 is 5.32 Å². The average molecular weight is 450 g/mol. The number of hydrogen-bond donors (Lipinski definition) is 1. The van der Waals surface area contributed by atoms with Gasteiger partial charge in [-0.15, -0.1) is 11.3 Å². The number of amides is 2. The first-order valence-corrected chi connectivity index (χ1v) is 9.61. The van der Waals surface area contributed by atoms with Gasteiger partial charge in [0, 0.05) is 16.6 Å². The van der Waals surface area contributed by atoms with Gasteiger partial charge in [-0.05, 0) is 41.8 Å². The topological polar surface area (TPSA) is 49.4 Å². The van der Waals surface area contributed by atoms with E-state index in [1.54, 1.807) is 11.4 Å². The number of rotatable bonds is 4. The van der Waals surface area contributed by atoms with Crippen molar-refractivity contribution in [3.05, 3.63) is 87.7 Å². The summed E-state index contributed by atoms with van der Waals surface area (Å²) in [6.45, 7) is 0. The van der Waals surface area contributed by atoms with E-state index < -0.39 is 40.9 Å². The number of carbonyl (C=O) groups excluding carboxylic acids is 2. The van der Waals surface area contributed by atoms with Gasteiger partial charge in [0.25, 0.3) is 11.8 Å². The van der Waals surface area contributed by atoms with Gasteiger partial charge in [0.1, 0.15) is 17.3 Å². The summed E-state index contributed by atoms with van der Waals surface area (Å²) in [5, 5.41) is 4.20. The van der Waals surface area contributed by atoms with Gasteiger partial charge in [-0.2, -0.15) is 13.2 Å². The third kappa shape index (κ3) is 3.81. The van der Waals surface area contributed by atoms with Gasteiger partial charge in [0.05, 0.1) is 16.8 Å². The minimum absolute atomic E-state index is 0.0957. The Balaban J connectivity index is 1.81. The summed E-state index contributed by atoms with van der Waals surface area (Å²) in [6.07, 6.45) is -4.62. The van der Waals surface area contributed by atoms with Gasteiger partial charge in [-0.3, -0.25) is 9.59 Å². The monoisotopic (exact) mass is 450 g/mol. The molecular weight excluding hydrogens is 439 g/mol. The summed E-state index contributed by atoms with van der Waals surface area (Å²) < 4.78 is 67.1. The van der Waals surface area contributed by atoms with Crippen LogP contribution in [0.2, 0.25) is 0 Å². The molecule has 0 spiro atoms. The Hall–Kier alpha value is -3.53. The van der Waals surface area contributed by atoms with Crippen LogP contribution >= 0.6 is 11.3 Å². The van der Waals surface area contributed by atoms with Gasteiger partial charge in [-0.1, -0.05) is 12.1 Å². The predicted molar refractivity (Wildman–Crippen MR) is 105 cm³/mol. The number of carbonyl (C=O) groups is 2.